The van der Waals surface area contributed by atoms with Crippen molar-refractivity contribution in [1.82, 2.24) is 5.32 Å². The highest BCUT2D eigenvalue weighted by Crippen LogP contribution is 2.33. The van der Waals surface area contributed by atoms with Gasteiger partial charge in [0, 0.05) is 12.6 Å². The molecule has 1 nitrogen and oxygen atoms in total. The Kier molecular flexibility index (Phi) is 3.78. The first-order chi connectivity index (χ1) is 6.12. The van der Waals surface area contributed by atoms with Crippen LogP contribution in [0.4, 0.5) is 0 Å². The Morgan fingerprint density at radius 3 is 2.38 bits per heavy atom. The monoisotopic (exact) mass is 183 g/mol. The number of rotatable bonds is 6. The Morgan fingerprint density at radius 1 is 1.38 bits per heavy atom. The summed E-state index contributed by atoms with van der Waals surface area (Å²) >= 11 is 0. The first-order valence-electron chi connectivity index (χ1n) is 5.85. The summed E-state index contributed by atoms with van der Waals surface area (Å²) in [6.07, 6.45) is 5.40. The van der Waals surface area contributed by atoms with Gasteiger partial charge in [-0.05, 0) is 30.6 Å². The summed E-state index contributed by atoms with van der Waals surface area (Å²) in [7, 11) is 0. The van der Waals surface area contributed by atoms with Crippen LogP contribution in [-0.2, 0) is 0 Å². The molecule has 0 aromatic carbocycles. The molecule has 0 saturated heterocycles. The fourth-order valence-corrected chi connectivity index (χ4v) is 1.81. The maximum atomic E-state index is 3.66. The number of nitrogens with one attached hydrogen (secondary N) is 1. The van der Waals surface area contributed by atoms with E-state index in [9.17, 15) is 0 Å². The minimum absolute atomic E-state index is 0.511. The Balaban J connectivity index is 2.35. The molecule has 1 aliphatic rings. The number of hydrogen-bond acceptors (Lipinski definition) is 1. The van der Waals surface area contributed by atoms with Crippen molar-refractivity contribution in [2.24, 2.45) is 11.3 Å². The second-order valence-corrected chi connectivity index (χ2v) is 4.97. The molecule has 2 atom stereocenters. The van der Waals surface area contributed by atoms with Crippen LogP contribution >= 0.6 is 0 Å². The predicted octanol–water partition coefficient (Wildman–Crippen LogP) is 3.20. The van der Waals surface area contributed by atoms with Crippen LogP contribution in [0.5, 0.6) is 0 Å². The smallest absolute Gasteiger partial charge is 0.00684 e. The molecule has 0 heterocycles. The molecule has 0 aliphatic heterocycles. The normalized spacial score (nSPS) is 24.0. The second kappa shape index (κ2) is 4.45. The van der Waals surface area contributed by atoms with Crippen LogP contribution in [0.25, 0.3) is 0 Å². The van der Waals surface area contributed by atoms with E-state index < -0.39 is 0 Å². The van der Waals surface area contributed by atoms with Crippen LogP contribution in [0.15, 0.2) is 0 Å². The number of hydrogen-bond donors (Lipinski definition) is 1. The summed E-state index contributed by atoms with van der Waals surface area (Å²) in [6.45, 7) is 10.6. The van der Waals surface area contributed by atoms with Gasteiger partial charge in [0.1, 0.15) is 0 Å². The molecule has 2 unspecified atom stereocenters. The van der Waals surface area contributed by atoms with E-state index in [0.717, 1.165) is 12.0 Å². The van der Waals surface area contributed by atoms with E-state index in [1.54, 1.807) is 0 Å². The molecule has 0 aromatic heterocycles. The molecular formula is C12H25N. The Labute approximate surface area is 83.3 Å². The largest absolute Gasteiger partial charge is 0.313 e. The summed E-state index contributed by atoms with van der Waals surface area (Å²) in [4.78, 5) is 0. The maximum Gasteiger partial charge on any atom is 0.00684 e. The van der Waals surface area contributed by atoms with Gasteiger partial charge in [-0.15, -0.1) is 0 Å². The molecule has 1 rings (SSSR count). The second-order valence-electron chi connectivity index (χ2n) is 4.97. The van der Waals surface area contributed by atoms with Crippen LogP contribution in [0, 0.1) is 11.3 Å². The van der Waals surface area contributed by atoms with Crippen LogP contribution < -0.4 is 5.32 Å². The molecule has 0 spiro atoms. The van der Waals surface area contributed by atoms with Gasteiger partial charge in [-0.1, -0.05) is 34.1 Å². The van der Waals surface area contributed by atoms with E-state index >= 15 is 0 Å². The lowest BCUT2D eigenvalue weighted by Gasteiger charge is -2.34. The third kappa shape index (κ3) is 2.98. The van der Waals surface area contributed by atoms with Crippen molar-refractivity contribution < 1.29 is 0 Å². The van der Waals surface area contributed by atoms with Crippen LogP contribution in [-0.4, -0.2) is 12.6 Å². The van der Waals surface area contributed by atoms with Crippen molar-refractivity contribution in [2.45, 2.75) is 59.4 Å². The maximum absolute atomic E-state index is 3.66. The van der Waals surface area contributed by atoms with Gasteiger partial charge in [0.15, 0.2) is 0 Å². The van der Waals surface area contributed by atoms with Gasteiger partial charge in [0.05, 0.1) is 0 Å². The van der Waals surface area contributed by atoms with Crippen molar-refractivity contribution in [3.8, 4) is 0 Å². The van der Waals surface area contributed by atoms with Crippen LogP contribution in [0.1, 0.15) is 53.4 Å². The van der Waals surface area contributed by atoms with Gasteiger partial charge < -0.3 is 5.32 Å². The van der Waals surface area contributed by atoms with Crippen molar-refractivity contribution >= 4 is 0 Å². The summed E-state index contributed by atoms with van der Waals surface area (Å²) in [5.41, 5.74) is 0.511. The van der Waals surface area contributed by atoms with E-state index in [1.165, 1.54) is 32.2 Å². The quantitative estimate of drug-likeness (QED) is 0.667. The predicted molar refractivity (Wildman–Crippen MR) is 58.9 cm³/mol. The van der Waals surface area contributed by atoms with Gasteiger partial charge in [0.25, 0.3) is 0 Å². The Morgan fingerprint density at radius 2 is 2.00 bits per heavy atom. The third-order valence-corrected chi connectivity index (χ3v) is 3.98. The molecule has 0 radical (unpaired) electrons. The highest BCUT2D eigenvalue weighted by Gasteiger charge is 2.30. The lowest BCUT2D eigenvalue weighted by molar-refractivity contribution is 0.179. The third-order valence-electron chi connectivity index (χ3n) is 3.98. The minimum atomic E-state index is 0.511. The Hall–Kier alpha value is -0.0400. The molecule has 0 bridgehead atoms. The molecule has 1 N–H and O–H groups in total. The van der Waals surface area contributed by atoms with Gasteiger partial charge in [0.2, 0.25) is 0 Å². The van der Waals surface area contributed by atoms with E-state index in [0.29, 0.717) is 5.41 Å². The minimum Gasteiger partial charge on any atom is -0.313 e. The van der Waals surface area contributed by atoms with Gasteiger partial charge in [-0.3, -0.25) is 0 Å². The fraction of sp³-hybridized carbons (Fsp3) is 1.00. The summed E-state index contributed by atoms with van der Waals surface area (Å²) < 4.78 is 0. The van der Waals surface area contributed by atoms with Crippen molar-refractivity contribution in [3.05, 3.63) is 0 Å². The van der Waals surface area contributed by atoms with Crippen molar-refractivity contribution in [3.63, 3.8) is 0 Å². The summed E-state index contributed by atoms with van der Waals surface area (Å²) in [5, 5.41) is 3.66. The van der Waals surface area contributed by atoms with Gasteiger partial charge in [-0.25, -0.2) is 0 Å². The average molecular weight is 183 g/mol. The molecule has 0 aromatic rings. The molecule has 1 saturated carbocycles. The lowest BCUT2D eigenvalue weighted by atomic mass is 9.74. The first-order valence-corrected chi connectivity index (χ1v) is 5.85. The highest BCUT2D eigenvalue weighted by atomic mass is 15.0. The van der Waals surface area contributed by atoms with Gasteiger partial charge >= 0.3 is 0 Å². The van der Waals surface area contributed by atoms with Crippen LogP contribution in [0.2, 0.25) is 0 Å². The average Bonchev–Trinajstić information content (AvgIpc) is 2.96. The van der Waals surface area contributed by atoms with Crippen LogP contribution in [0.3, 0.4) is 0 Å². The topological polar surface area (TPSA) is 12.0 Å². The zero-order valence-electron chi connectivity index (χ0n) is 9.69. The molecule has 13 heavy (non-hydrogen) atoms. The van der Waals surface area contributed by atoms with E-state index in [1.807, 2.05) is 0 Å². The zero-order chi connectivity index (χ0) is 9.90. The van der Waals surface area contributed by atoms with Crippen molar-refractivity contribution in [1.29, 1.82) is 0 Å². The SMILES string of the molecule is CCC(C)C(C)(CC)CNC1CC1. The van der Waals surface area contributed by atoms with E-state index in [-0.39, 0.29) is 0 Å². The molecule has 0 amide bonds. The first kappa shape index (κ1) is 11.0. The summed E-state index contributed by atoms with van der Waals surface area (Å²) in [5.74, 6) is 0.837. The molecule has 78 valence electrons. The molecular weight excluding hydrogens is 158 g/mol. The molecule has 1 fully saturated rings. The zero-order valence-corrected chi connectivity index (χ0v) is 9.69. The van der Waals surface area contributed by atoms with Crippen molar-refractivity contribution in [2.75, 3.05) is 6.54 Å². The fourth-order valence-electron chi connectivity index (χ4n) is 1.81. The van der Waals surface area contributed by atoms with Gasteiger partial charge in [-0.2, -0.15) is 0 Å². The lowest BCUT2D eigenvalue weighted by Crippen LogP contribution is -2.37. The molecule has 1 heteroatoms. The Bertz CT molecular complexity index is 151. The highest BCUT2D eigenvalue weighted by molar-refractivity contribution is 4.87. The summed E-state index contributed by atoms with van der Waals surface area (Å²) in [6, 6.07) is 0.856. The molecule has 1 aliphatic carbocycles. The standard InChI is InChI=1S/C12H25N/c1-5-10(3)12(4,6-2)9-13-11-7-8-11/h10-11,13H,5-9H2,1-4H3. The van der Waals surface area contributed by atoms with E-state index in [2.05, 4.69) is 33.0 Å². The van der Waals surface area contributed by atoms with E-state index in [4.69, 9.17) is 0 Å².